The Bertz CT molecular complexity index is 488. The molecule has 0 aliphatic heterocycles. The molecule has 1 heterocycles. The van der Waals surface area contributed by atoms with Gasteiger partial charge in [0.15, 0.2) is 0 Å². The van der Waals surface area contributed by atoms with Crippen molar-refractivity contribution in [2.24, 2.45) is 0 Å². The van der Waals surface area contributed by atoms with Crippen molar-refractivity contribution < 1.29 is 0 Å². The molecule has 0 unspecified atom stereocenters. The van der Waals surface area contributed by atoms with E-state index >= 15 is 0 Å². The average Bonchev–Trinajstić information content (AvgIpc) is 2.47. The van der Waals surface area contributed by atoms with Gasteiger partial charge in [-0.2, -0.15) is 0 Å². The predicted molar refractivity (Wildman–Crippen MR) is 80.2 cm³/mol. The fourth-order valence-electron chi connectivity index (χ4n) is 1.96. The Kier molecular flexibility index (Phi) is 4.90. The van der Waals surface area contributed by atoms with Gasteiger partial charge in [0.2, 0.25) is 0 Å². The molecule has 0 spiro atoms. The minimum Gasteiger partial charge on any atom is -0.369 e. The maximum atomic E-state index is 4.26. The lowest BCUT2D eigenvalue weighted by molar-refractivity contribution is 0.921. The molecule has 3 heteroatoms. The first-order valence-corrected chi connectivity index (χ1v) is 7.00. The number of hydrogen-bond donors (Lipinski definition) is 1. The molecule has 1 aromatic heterocycles. The third-order valence-electron chi connectivity index (χ3n) is 3.01. The van der Waals surface area contributed by atoms with Gasteiger partial charge in [0, 0.05) is 12.1 Å². The number of nitrogens with zero attached hydrogens (tertiary/aromatic N) is 2. The summed E-state index contributed by atoms with van der Waals surface area (Å²) in [6.07, 6.45) is 3.39. The van der Waals surface area contributed by atoms with E-state index in [4.69, 9.17) is 0 Å². The molecule has 2 aromatic rings. The summed E-state index contributed by atoms with van der Waals surface area (Å²) in [7, 11) is 0. The smallest absolute Gasteiger partial charge is 0.148 e. The number of rotatable bonds is 6. The number of aromatic nitrogens is 2. The van der Waals surface area contributed by atoms with Crippen LogP contribution in [-0.4, -0.2) is 16.7 Å². The van der Waals surface area contributed by atoms with Gasteiger partial charge in [0.1, 0.15) is 5.82 Å². The summed E-state index contributed by atoms with van der Waals surface area (Å²) in [5.74, 6) is 0.841. The molecule has 0 radical (unpaired) electrons. The minimum absolute atomic E-state index is 0.841. The van der Waals surface area contributed by atoms with Gasteiger partial charge in [-0.25, -0.2) is 0 Å². The number of hydrogen-bond acceptors (Lipinski definition) is 3. The summed E-state index contributed by atoms with van der Waals surface area (Å²) in [5.41, 5.74) is 3.42. The third kappa shape index (κ3) is 3.78. The van der Waals surface area contributed by atoms with Crippen molar-refractivity contribution in [1.29, 1.82) is 0 Å². The van der Waals surface area contributed by atoms with Crippen LogP contribution < -0.4 is 5.32 Å². The summed E-state index contributed by atoms with van der Waals surface area (Å²) in [5, 5.41) is 11.7. The normalized spacial score (nSPS) is 10.4. The molecule has 3 nitrogen and oxygen atoms in total. The van der Waals surface area contributed by atoms with E-state index in [-0.39, 0.29) is 0 Å². The topological polar surface area (TPSA) is 37.8 Å². The Hall–Kier alpha value is -1.90. The van der Waals surface area contributed by atoms with Gasteiger partial charge in [0.05, 0.1) is 5.69 Å². The molecule has 19 heavy (non-hydrogen) atoms. The second-order valence-electron chi connectivity index (χ2n) is 4.68. The molecule has 0 saturated heterocycles. The lowest BCUT2D eigenvalue weighted by atomic mass is 10.1. The van der Waals surface area contributed by atoms with Gasteiger partial charge in [-0.1, -0.05) is 44.5 Å². The van der Waals surface area contributed by atoms with Gasteiger partial charge >= 0.3 is 0 Å². The van der Waals surface area contributed by atoms with E-state index < -0.39 is 0 Å². The van der Waals surface area contributed by atoms with Crippen molar-refractivity contribution in [2.75, 3.05) is 11.9 Å². The van der Waals surface area contributed by atoms with Crippen LogP contribution in [0.5, 0.6) is 0 Å². The molecular formula is C16H21N3. The van der Waals surface area contributed by atoms with Crippen LogP contribution >= 0.6 is 0 Å². The largest absolute Gasteiger partial charge is 0.369 e. The number of anilines is 1. The van der Waals surface area contributed by atoms with Gasteiger partial charge in [0.25, 0.3) is 0 Å². The van der Waals surface area contributed by atoms with Crippen LogP contribution in [0.1, 0.15) is 32.3 Å². The Morgan fingerprint density at radius 3 is 2.26 bits per heavy atom. The van der Waals surface area contributed by atoms with Gasteiger partial charge in [-0.05, 0) is 30.5 Å². The van der Waals surface area contributed by atoms with Crippen LogP contribution in [0.4, 0.5) is 5.82 Å². The predicted octanol–water partition coefficient (Wildman–Crippen LogP) is 3.92. The molecule has 0 bridgehead atoms. The highest BCUT2D eigenvalue weighted by molar-refractivity contribution is 5.59. The van der Waals surface area contributed by atoms with Crippen molar-refractivity contribution in [3.8, 4) is 11.3 Å². The van der Waals surface area contributed by atoms with Gasteiger partial charge in [-0.15, -0.1) is 10.2 Å². The van der Waals surface area contributed by atoms with Crippen LogP contribution in [0.25, 0.3) is 11.3 Å². The lowest BCUT2D eigenvalue weighted by Gasteiger charge is -2.05. The van der Waals surface area contributed by atoms with E-state index in [1.165, 1.54) is 12.0 Å². The van der Waals surface area contributed by atoms with E-state index in [1.54, 1.807) is 0 Å². The zero-order valence-electron chi connectivity index (χ0n) is 11.7. The summed E-state index contributed by atoms with van der Waals surface area (Å²) in [4.78, 5) is 0. The van der Waals surface area contributed by atoms with E-state index in [1.807, 2.05) is 12.1 Å². The van der Waals surface area contributed by atoms with Crippen LogP contribution in [0.15, 0.2) is 36.4 Å². The summed E-state index contributed by atoms with van der Waals surface area (Å²) in [6, 6.07) is 12.6. The first-order chi connectivity index (χ1) is 9.33. The quantitative estimate of drug-likeness (QED) is 0.850. The van der Waals surface area contributed by atoms with Gasteiger partial charge < -0.3 is 5.32 Å². The SMILES string of the molecule is CCCNc1ccc(-c2ccc(CCC)cc2)nn1. The maximum Gasteiger partial charge on any atom is 0.148 e. The molecule has 0 aliphatic rings. The van der Waals surface area contributed by atoms with Crippen LogP contribution in [0.3, 0.4) is 0 Å². The molecule has 100 valence electrons. The number of nitrogens with one attached hydrogen (secondary N) is 1. The molecular weight excluding hydrogens is 234 g/mol. The third-order valence-corrected chi connectivity index (χ3v) is 3.01. The molecule has 0 aliphatic carbocycles. The van der Waals surface area contributed by atoms with Crippen molar-refractivity contribution in [3.63, 3.8) is 0 Å². The molecule has 0 atom stereocenters. The first-order valence-electron chi connectivity index (χ1n) is 7.00. The standard InChI is InChI=1S/C16H21N3/c1-3-5-13-6-8-14(9-7-13)15-10-11-16(19-18-15)17-12-4-2/h6-11H,3-5,12H2,1-2H3,(H,17,19). The fourth-order valence-corrected chi connectivity index (χ4v) is 1.96. The Morgan fingerprint density at radius 1 is 0.895 bits per heavy atom. The molecule has 1 aromatic carbocycles. The zero-order chi connectivity index (χ0) is 13.5. The van der Waals surface area contributed by atoms with Crippen molar-refractivity contribution in [2.45, 2.75) is 33.1 Å². The minimum atomic E-state index is 0.841. The van der Waals surface area contributed by atoms with E-state index in [0.29, 0.717) is 0 Å². The fraction of sp³-hybridized carbons (Fsp3) is 0.375. The van der Waals surface area contributed by atoms with Gasteiger partial charge in [-0.3, -0.25) is 0 Å². The second kappa shape index (κ2) is 6.88. The van der Waals surface area contributed by atoms with Crippen LogP contribution in [-0.2, 0) is 6.42 Å². The number of benzene rings is 1. The highest BCUT2D eigenvalue weighted by atomic mass is 15.2. The summed E-state index contributed by atoms with van der Waals surface area (Å²) in [6.45, 7) is 5.26. The van der Waals surface area contributed by atoms with Crippen molar-refractivity contribution in [3.05, 3.63) is 42.0 Å². The molecule has 0 fully saturated rings. The number of aryl methyl sites for hydroxylation is 1. The molecule has 0 saturated carbocycles. The highest BCUT2D eigenvalue weighted by Crippen LogP contribution is 2.18. The van der Waals surface area contributed by atoms with Crippen molar-refractivity contribution in [1.82, 2.24) is 10.2 Å². The van der Waals surface area contributed by atoms with E-state index in [9.17, 15) is 0 Å². The molecule has 2 rings (SSSR count). The molecule has 1 N–H and O–H groups in total. The van der Waals surface area contributed by atoms with Crippen LogP contribution in [0.2, 0.25) is 0 Å². The lowest BCUT2D eigenvalue weighted by Crippen LogP contribution is -2.02. The van der Waals surface area contributed by atoms with E-state index in [2.05, 4.69) is 53.6 Å². The maximum absolute atomic E-state index is 4.26. The Morgan fingerprint density at radius 2 is 1.68 bits per heavy atom. The molecule has 0 amide bonds. The van der Waals surface area contributed by atoms with E-state index in [0.717, 1.165) is 36.5 Å². The highest BCUT2D eigenvalue weighted by Gasteiger charge is 2.01. The Labute approximate surface area is 115 Å². The zero-order valence-corrected chi connectivity index (χ0v) is 11.7. The average molecular weight is 255 g/mol. The summed E-state index contributed by atoms with van der Waals surface area (Å²) >= 11 is 0. The summed E-state index contributed by atoms with van der Waals surface area (Å²) < 4.78 is 0. The first kappa shape index (κ1) is 13.5. The van der Waals surface area contributed by atoms with Crippen molar-refractivity contribution >= 4 is 5.82 Å². The Balaban J connectivity index is 2.08. The van der Waals surface area contributed by atoms with Crippen LogP contribution in [0, 0.1) is 0 Å². The monoisotopic (exact) mass is 255 g/mol. The second-order valence-corrected chi connectivity index (χ2v) is 4.68.